The second-order valence-corrected chi connectivity index (χ2v) is 5.06. The molecule has 4 rings (SSSR count). The lowest BCUT2D eigenvalue weighted by molar-refractivity contribution is 0.146. The zero-order valence-electron chi connectivity index (χ0n) is 8.74. The van der Waals surface area contributed by atoms with Crippen molar-refractivity contribution in [2.45, 2.75) is 51.0 Å². The van der Waals surface area contributed by atoms with Crippen LogP contribution in [0.25, 0.3) is 0 Å². The highest BCUT2D eigenvalue weighted by molar-refractivity contribution is 5.77. The molecular formula is C12H19NO. The highest BCUT2D eigenvalue weighted by Crippen LogP contribution is 2.42. The van der Waals surface area contributed by atoms with E-state index in [1.807, 2.05) is 0 Å². The van der Waals surface area contributed by atoms with Crippen molar-refractivity contribution in [3.63, 3.8) is 0 Å². The Kier molecular flexibility index (Phi) is 2.22. The minimum atomic E-state index is 0.621. The monoisotopic (exact) mass is 193 g/mol. The average molecular weight is 193 g/mol. The Morgan fingerprint density at radius 2 is 2.00 bits per heavy atom. The SMILES string of the molecule is C1COC(=NC2CC3CCC2CC3)C1. The van der Waals surface area contributed by atoms with E-state index in [9.17, 15) is 0 Å². The maximum atomic E-state index is 5.51. The number of hydrogen-bond donors (Lipinski definition) is 0. The Morgan fingerprint density at radius 1 is 1.14 bits per heavy atom. The second kappa shape index (κ2) is 3.56. The van der Waals surface area contributed by atoms with Crippen LogP contribution in [0, 0.1) is 11.8 Å². The van der Waals surface area contributed by atoms with Crippen molar-refractivity contribution in [1.82, 2.24) is 0 Å². The van der Waals surface area contributed by atoms with Gasteiger partial charge in [0.25, 0.3) is 0 Å². The van der Waals surface area contributed by atoms with E-state index in [1.54, 1.807) is 0 Å². The molecule has 4 aliphatic rings. The quantitative estimate of drug-likeness (QED) is 0.627. The predicted molar refractivity (Wildman–Crippen MR) is 56.5 cm³/mol. The standard InChI is InChI=1S/C12H19NO/c1-2-12(14-7-1)13-11-8-9-3-5-10(11)6-4-9/h9-11H,1-8H2. The fraction of sp³-hybridized carbons (Fsp3) is 0.917. The van der Waals surface area contributed by atoms with Crippen molar-refractivity contribution in [2.24, 2.45) is 16.8 Å². The van der Waals surface area contributed by atoms with E-state index in [1.165, 1.54) is 38.5 Å². The van der Waals surface area contributed by atoms with Gasteiger partial charge in [-0.05, 0) is 37.5 Å². The van der Waals surface area contributed by atoms with E-state index >= 15 is 0 Å². The number of nitrogens with zero attached hydrogens (tertiary/aromatic N) is 1. The van der Waals surface area contributed by atoms with Crippen LogP contribution in [0.5, 0.6) is 0 Å². The van der Waals surface area contributed by atoms with Crippen LogP contribution < -0.4 is 0 Å². The van der Waals surface area contributed by atoms with Crippen molar-refractivity contribution in [3.8, 4) is 0 Å². The number of aliphatic imine (C=N–C) groups is 1. The van der Waals surface area contributed by atoms with Gasteiger partial charge in [0.05, 0.1) is 12.6 Å². The van der Waals surface area contributed by atoms with Crippen LogP contribution >= 0.6 is 0 Å². The molecular weight excluding hydrogens is 174 g/mol. The minimum Gasteiger partial charge on any atom is -0.481 e. The van der Waals surface area contributed by atoms with Crippen molar-refractivity contribution in [3.05, 3.63) is 0 Å². The van der Waals surface area contributed by atoms with E-state index in [0.717, 1.165) is 30.8 Å². The predicted octanol–water partition coefficient (Wildman–Crippen LogP) is 2.77. The summed E-state index contributed by atoms with van der Waals surface area (Å²) in [7, 11) is 0. The van der Waals surface area contributed by atoms with E-state index in [2.05, 4.69) is 0 Å². The summed E-state index contributed by atoms with van der Waals surface area (Å²) in [6.07, 6.45) is 9.39. The lowest BCUT2D eigenvalue weighted by Crippen LogP contribution is -2.34. The second-order valence-electron chi connectivity index (χ2n) is 5.06. The molecule has 1 aliphatic heterocycles. The van der Waals surface area contributed by atoms with Gasteiger partial charge in [0.15, 0.2) is 5.90 Å². The zero-order chi connectivity index (χ0) is 9.38. The van der Waals surface area contributed by atoms with Crippen LogP contribution in [-0.4, -0.2) is 18.5 Å². The molecule has 2 bridgehead atoms. The maximum absolute atomic E-state index is 5.51. The van der Waals surface area contributed by atoms with Gasteiger partial charge in [0, 0.05) is 6.42 Å². The molecule has 1 unspecified atom stereocenters. The Hall–Kier alpha value is -0.530. The summed E-state index contributed by atoms with van der Waals surface area (Å²) in [5, 5.41) is 0. The van der Waals surface area contributed by atoms with E-state index in [0.29, 0.717) is 6.04 Å². The molecule has 4 fully saturated rings. The summed E-state index contributed by atoms with van der Waals surface area (Å²) in [6.45, 7) is 0.902. The lowest BCUT2D eigenvalue weighted by Gasteiger charge is -2.40. The Balaban J connectivity index is 1.70. The van der Waals surface area contributed by atoms with Gasteiger partial charge in [0.2, 0.25) is 0 Å². The van der Waals surface area contributed by atoms with E-state index < -0.39 is 0 Å². The van der Waals surface area contributed by atoms with Gasteiger partial charge >= 0.3 is 0 Å². The molecule has 3 aliphatic carbocycles. The first-order valence-electron chi connectivity index (χ1n) is 6.11. The first-order chi connectivity index (χ1) is 6.92. The minimum absolute atomic E-state index is 0.621. The number of ether oxygens (including phenoxy) is 1. The molecule has 2 heteroatoms. The Labute approximate surface area is 85.7 Å². The lowest BCUT2D eigenvalue weighted by atomic mass is 9.68. The molecule has 3 saturated carbocycles. The molecule has 0 aromatic carbocycles. The molecule has 0 aromatic rings. The summed E-state index contributed by atoms with van der Waals surface area (Å²) in [6, 6.07) is 0.621. The number of hydrogen-bond acceptors (Lipinski definition) is 2. The van der Waals surface area contributed by atoms with Crippen molar-refractivity contribution in [2.75, 3.05) is 6.61 Å². The van der Waals surface area contributed by atoms with Crippen LogP contribution in [0.15, 0.2) is 4.99 Å². The van der Waals surface area contributed by atoms with E-state index in [4.69, 9.17) is 9.73 Å². The van der Waals surface area contributed by atoms with Gasteiger partial charge in [-0.2, -0.15) is 0 Å². The largest absolute Gasteiger partial charge is 0.481 e. The van der Waals surface area contributed by atoms with E-state index in [-0.39, 0.29) is 0 Å². The van der Waals surface area contributed by atoms with Gasteiger partial charge in [-0.1, -0.05) is 12.8 Å². The normalized spacial score (nSPS) is 44.3. The smallest absolute Gasteiger partial charge is 0.183 e. The van der Waals surface area contributed by atoms with Gasteiger partial charge < -0.3 is 4.74 Å². The molecule has 0 radical (unpaired) electrons. The molecule has 78 valence electrons. The topological polar surface area (TPSA) is 21.6 Å². The third-order valence-corrected chi connectivity index (χ3v) is 4.12. The third-order valence-electron chi connectivity index (χ3n) is 4.12. The molecule has 0 spiro atoms. The fourth-order valence-corrected chi connectivity index (χ4v) is 3.27. The third kappa shape index (κ3) is 1.55. The van der Waals surface area contributed by atoms with Crippen LogP contribution in [0.3, 0.4) is 0 Å². The summed E-state index contributed by atoms with van der Waals surface area (Å²) in [5.41, 5.74) is 0. The van der Waals surface area contributed by atoms with Gasteiger partial charge in [0.1, 0.15) is 0 Å². The molecule has 1 heterocycles. The van der Waals surface area contributed by atoms with Crippen LogP contribution in [0.2, 0.25) is 0 Å². The first kappa shape index (κ1) is 8.75. The fourth-order valence-electron chi connectivity index (χ4n) is 3.27. The van der Waals surface area contributed by atoms with Crippen LogP contribution in [0.4, 0.5) is 0 Å². The number of rotatable bonds is 1. The van der Waals surface area contributed by atoms with Crippen LogP contribution in [0.1, 0.15) is 44.9 Å². The summed E-state index contributed by atoms with van der Waals surface area (Å²) in [5.74, 6) is 2.93. The van der Waals surface area contributed by atoms with Crippen molar-refractivity contribution >= 4 is 5.90 Å². The molecule has 2 nitrogen and oxygen atoms in total. The summed E-state index contributed by atoms with van der Waals surface area (Å²) >= 11 is 0. The highest BCUT2D eigenvalue weighted by atomic mass is 16.5. The average Bonchev–Trinajstić information content (AvgIpc) is 2.72. The van der Waals surface area contributed by atoms with Crippen LogP contribution in [-0.2, 0) is 4.74 Å². The molecule has 0 aromatic heterocycles. The maximum Gasteiger partial charge on any atom is 0.183 e. The highest BCUT2D eigenvalue weighted by Gasteiger charge is 2.35. The summed E-state index contributed by atoms with van der Waals surface area (Å²) < 4.78 is 5.51. The zero-order valence-corrected chi connectivity index (χ0v) is 8.74. The van der Waals surface area contributed by atoms with Crippen molar-refractivity contribution in [1.29, 1.82) is 0 Å². The van der Waals surface area contributed by atoms with Gasteiger partial charge in [-0.15, -0.1) is 0 Å². The van der Waals surface area contributed by atoms with Crippen molar-refractivity contribution < 1.29 is 4.74 Å². The van der Waals surface area contributed by atoms with Gasteiger partial charge in [-0.25, -0.2) is 0 Å². The molecule has 0 amide bonds. The molecule has 1 atom stereocenters. The number of fused-ring (bicyclic) bond motifs is 3. The molecule has 0 N–H and O–H groups in total. The van der Waals surface area contributed by atoms with Gasteiger partial charge in [-0.3, -0.25) is 4.99 Å². The molecule has 1 saturated heterocycles. The summed E-state index contributed by atoms with van der Waals surface area (Å²) in [4.78, 5) is 4.81. The Bertz CT molecular complexity index is 233. The molecule has 14 heavy (non-hydrogen) atoms. The first-order valence-corrected chi connectivity index (χ1v) is 6.11. The Morgan fingerprint density at radius 3 is 2.57 bits per heavy atom.